The zero-order valence-corrected chi connectivity index (χ0v) is 14.0. The lowest BCUT2D eigenvalue weighted by Crippen LogP contribution is -2.37. The molecular weight excluding hydrogens is 298 g/mol. The molecule has 3 rings (SSSR count). The molecule has 2 aromatic rings. The second-order valence-corrected chi connectivity index (χ2v) is 7.20. The number of nitrogens with zero attached hydrogens (tertiary/aromatic N) is 4. The van der Waals surface area contributed by atoms with E-state index in [0.29, 0.717) is 17.0 Å². The lowest BCUT2D eigenvalue weighted by atomic mass is 10.2. The number of carbonyl (C=O) groups is 1. The molecule has 1 N–H and O–H groups in total. The molecule has 1 amide bonds. The summed E-state index contributed by atoms with van der Waals surface area (Å²) in [7, 11) is 0. The standard InChI is InChI=1S/C15H21N5OS/c1-9-8-10(2)20-14(16-9)18-15(19-20)22-11(3)13(21)17-12-6-4-5-7-12/h8,11-12H,4-7H2,1-3H3,(H,17,21). The van der Waals surface area contributed by atoms with Gasteiger partial charge in [-0.2, -0.15) is 4.98 Å². The van der Waals surface area contributed by atoms with Crippen molar-refractivity contribution in [3.05, 3.63) is 17.5 Å². The van der Waals surface area contributed by atoms with Gasteiger partial charge in [0.15, 0.2) is 0 Å². The minimum Gasteiger partial charge on any atom is -0.352 e. The van der Waals surface area contributed by atoms with E-state index >= 15 is 0 Å². The quantitative estimate of drug-likeness (QED) is 0.875. The Balaban J connectivity index is 1.69. The minimum absolute atomic E-state index is 0.0663. The molecule has 2 heterocycles. The number of rotatable bonds is 4. The Morgan fingerprint density at radius 2 is 2.09 bits per heavy atom. The van der Waals surface area contributed by atoms with Crippen molar-refractivity contribution in [2.45, 2.75) is 62.9 Å². The highest BCUT2D eigenvalue weighted by Gasteiger charge is 2.22. The number of carbonyl (C=O) groups excluding carboxylic acids is 1. The maximum absolute atomic E-state index is 12.2. The second kappa shape index (κ2) is 6.24. The predicted octanol–water partition coefficient (Wildman–Crippen LogP) is 2.28. The van der Waals surface area contributed by atoms with Gasteiger partial charge in [0.1, 0.15) is 0 Å². The van der Waals surface area contributed by atoms with Gasteiger partial charge in [0.2, 0.25) is 11.1 Å². The summed E-state index contributed by atoms with van der Waals surface area (Å²) in [6.07, 6.45) is 4.62. The summed E-state index contributed by atoms with van der Waals surface area (Å²) in [6.45, 7) is 5.80. The van der Waals surface area contributed by atoms with Crippen molar-refractivity contribution in [2.24, 2.45) is 0 Å². The van der Waals surface area contributed by atoms with Gasteiger partial charge in [-0.1, -0.05) is 24.6 Å². The van der Waals surface area contributed by atoms with Crippen LogP contribution in [-0.4, -0.2) is 36.8 Å². The Bertz CT molecular complexity index is 693. The Morgan fingerprint density at radius 1 is 1.36 bits per heavy atom. The summed E-state index contributed by atoms with van der Waals surface area (Å²) in [5, 5.41) is 7.93. The number of aromatic nitrogens is 4. The molecule has 0 aliphatic heterocycles. The summed E-state index contributed by atoms with van der Waals surface area (Å²) >= 11 is 1.38. The van der Waals surface area contributed by atoms with Crippen LogP contribution in [0.25, 0.3) is 5.78 Å². The van der Waals surface area contributed by atoms with Crippen LogP contribution >= 0.6 is 11.8 Å². The highest BCUT2D eigenvalue weighted by Crippen LogP contribution is 2.22. The van der Waals surface area contributed by atoms with Crippen molar-refractivity contribution >= 4 is 23.4 Å². The van der Waals surface area contributed by atoms with Crippen LogP contribution in [0.2, 0.25) is 0 Å². The van der Waals surface area contributed by atoms with Gasteiger partial charge in [0, 0.05) is 17.4 Å². The van der Waals surface area contributed by atoms with Crippen molar-refractivity contribution < 1.29 is 4.79 Å². The van der Waals surface area contributed by atoms with E-state index in [9.17, 15) is 4.79 Å². The molecule has 0 radical (unpaired) electrons. The second-order valence-electron chi connectivity index (χ2n) is 5.90. The number of thioether (sulfide) groups is 1. The Kier molecular flexibility index (Phi) is 4.33. The zero-order valence-electron chi connectivity index (χ0n) is 13.2. The van der Waals surface area contributed by atoms with Crippen molar-refractivity contribution in [2.75, 3.05) is 0 Å². The molecule has 0 bridgehead atoms. The van der Waals surface area contributed by atoms with Gasteiger partial charge < -0.3 is 5.32 Å². The summed E-state index contributed by atoms with van der Waals surface area (Å²) < 4.78 is 1.72. The van der Waals surface area contributed by atoms with Crippen molar-refractivity contribution in [3.63, 3.8) is 0 Å². The number of amides is 1. The van der Waals surface area contributed by atoms with E-state index in [1.165, 1.54) is 24.6 Å². The lowest BCUT2D eigenvalue weighted by molar-refractivity contribution is -0.120. The van der Waals surface area contributed by atoms with Crippen molar-refractivity contribution in [1.29, 1.82) is 0 Å². The van der Waals surface area contributed by atoms with Gasteiger partial charge in [-0.25, -0.2) is 9.50 Å². The number of aryl methyl sites for hydroxylation is 2. The van der Waals surface area contributed by atoms with Gasteiger partial charge in [0.05, 0.1) is 5.25 Å². The minimum atomic E-state index is -0.209. The molecule has 1 atom stereocenters. The zero-order chi connectivity index (χ0) is 15.7. The molecular formula is C15H21N5OS. The van der Waals surface area contributed by atoms with Crippen LogP contribution in [0.3, 0.4) is 0 Å². The topological polar surface area (TPSA) is 72.2 Å². The SMILES string of the molecule is Cc1cc(C)n2nc(SC(C)C(=O)NC3CCCC3)nc2n1. The molecule has 1 fully saturated rings. The van der Waals surface area contributed by atoms with Gasteiger partial charge in [-0.05, 0) is 39.7 Å². The molecule has 2 aromatic heterocycles. The first-order chi connectivity index (χ1) is 10.5. The summed E-state index contributed by atoms with van der Waals surface area (Å²) in [5.41, 5.74) is 1.91. The molecule has 1 saturated carbocycles. The van der Waals surface area contributed by atoms with E-state index in [2.05, 4.69) is 20.4 Å². The number of hydrogen-bond acceptors (Lipinski definition) is 5. The first-order valence-electron chi connectivity index (χ1n) is 7.71. The van der Waals surface area contributed by atoms with E-state index in [1.54, 1.807) is 4.52 Å². The van der Waals surface area contributed by atoms with Gasteiger partial charge in [-0.15, -0.1) is 5.10 Å². The van der Waals surface area contributed by atoms with Crippen molar-refractivity contribution in [1.82, 2.24) is 24.9 Å². The van der Waals surface area contributed by atoms with Crippen LogP contribution in [0, 0.1) is 13.8 Å². The maximum atomic E-state index is 12.2. The van der Waals surface area contributed by atoms with E-state index in [0.717, 1.165) is 24.2 Å². The van der Waals surface area contributed by atoms with Gasteiger partial charge in [-0.3, -0.25) is 4.79 Å². The van der Waals surface area contributed by atoms with E-state index in [4.69, 9.17) is 0 Å². The largest absolute Gasteiger partial charge is 0.352 e. The molecule has 6 nitrogen and oxygen atoms in total. The molecule has 0 aromatic carbocycles. The third-order valence-electron chi connectivity index (χ3n) is 3.95. The van der Waals surface area contributed by atoms with Gasteiger partial charge >= 0.3 is 0 Å². The van der Waals surface area contributed by atoms with Crippen LogP contribution in [0.1, 0.15) is 44.0 Å². The highest BCUT2D eigenvalue weighted by atomic mass is 32.2. The smallest absolute Gasteiger partial charge is 0.253 e. The molecule has 118 valence electrons. The number of hydrogen-bond donors (Lipinski definition) is 1. The monoisotopic (exact) mass is 319 g/mol. The summed E-state index contributed by atoms with van der Waals surface area (Å²) in [4.78, 5) is 21.0. The van der Waals surface area contributed by atoms with Crippen molar-refractivity contribution in [3.8, 4) is 0 Å². The number of nitrogens with one attached hydrogen (secondary N) is 1. The Hall–Kier alpha value is -1.63. The number of fused-ring (bicyclic) bond motifs is 1. The first kappa shape index (κ1) is 15.3. The molecule has 22 heavy (non-hydrogen) atoms. The summed E-state index contributed by atoms with van der Waals surface area (Å²) in [5.74, 6) is 0.653. The van der Waals surface area contributed by atoms with Crippen LogP contribution in [-0.2, 0) is 4.79 Å². The third-order valence-corrected chi connectivity index (χ3v) is 4.90. The van der Waals surface area contributed by atoms with E-state index in [-0.39, 0.29) is 11.2 Å². The first-order valence-corrected chi connectivity index (χ1v) is 8.59. The van der Waals surface area contributed by atoms with Gasteiger partial charge in [0.25, 0.3) is 5.78 Å². The molecule has 7 heteroatoms. The van der Waals surface area contributed by atoms with Crippen LogP contribution in [0.15, 0.2) is 11.2 Å². The Labute approximate surface area is 134 Å². The fourth-order valence-electron chi connectivity index (χ4n) is 2.80. The molecule has 1 aliphatic rings. The van der Waals surface area contributed by atoms with Crippen LogP contribution in [0.5, 0.6) is 0 Å². The molecule has 1 aliphatic carbocycles. The fourth-order valence-corrected chi connectivity index (χ4v) is 3.55. The van der Waals surface area contributed by atoms with Crippen LogP contribution in [0.4, 0.5) is 0 Å². The highest BCUT2D eigenvalue weighted by molar-refractivity contribution is 8.00. The molecule has 0 spiro atoms. The fraction of sp³-hybridized carbons (Fsp3) is 0.600. The Morgan fingerprint density at radius 3 is 2.82 bits per heavy atom. The molecule has 0 saturated heterocycles. The maximum Gasteiger partial charge on any atom is 0.253 e. The van der Waals surface area contributed by atoms with Crippen LogP contribution < -0.4 is 5.32 Å². The average molecular weight is 319 g/mol. The predicted molar refractivity (Wildman–Crippen MR) is 86.0 cm³/mol. The van der Waals surface area contributed by atoms with E-state index in [1.807, 2.05) is 26.8 Å². The van der Waals surface area contributed by atoms with E-state index < -0.39 is 0 Å². The summed E-state index contributed by atoms with van der Waals surface area (Å²) in [6, 6.07) is 2.31. The lowest BCUT2D eigenvalue weighted by Gasteiger charge is -2.15. The third kappa shape index (κ3) is 3.24. The average Bonchev–Trinajstić information content (AvgIpc) is 3.07. The molecule has 1 unspecified atom stereocenters. The normalized spacial score (nSPS) is 17.0.